The van der Waals surface area contributed by atoms with Crippen LogP contribution < -0.4 is 0 Å². The zero-order valence-electron chi connectivity index (χ0n) is 14.2. The van der Waals surface area contributed by atoms with E-state index in [4.69, 9.17) is 0 Å². The Hall–Kier alpha value is -1.64. The summed E-state index contributed by atoms with van der Waals surface area (Å²) in [6.07, 6.45) is 1.08. The Labute approximate surface area is 134 Å². The van der Waals surface area contributed by atoms with E-state index in [1.807, 2.05) is 0 Å². The molecule has 0 aliphatic heterocycles. The second kappa shape index (κ2) is 6.23. The van der Waals surface area contributed by atoms with Crippen LogP contribution in [0.25, 0.3) is 11.1 Å². The SMILES string of the molecule is CCN(C)Cc1ccc2c(c1)Cc1ccc(CN(C)C)cc1-2. The fraction of sp³-hybridized carbons (Fsp3) is 0.400. The van der Waals surface area contributed by atoms with Crippen molar-refractivity contribution < 1.29 is 0 Å². The summed E-state index contributed by atoms with van der Waals surface area (Å²) >= 11 is 0. The van der Waals surface area contributed by atoms with E-state index >= 15 is 0 Å². The van der Waals surface area contributed by atoms with E-state index in [0.717, 1.165) is 26.1 Å². The molecule has 0 heterocycles. The smallest absolute Gasteiger partial charge is 0.0230 e. The van der Waals surface area contributed by atoms with Gasteiger partial charge in [-0.2, -0.15) is 0 Å². The molecule has 2 nitrogen and oxygen atoms in total. The highest BCUT2D eigenvalue weighted by Crippen LogP contribution is 2.37. The van der Waals surface area contributed by atoms with Gasteiger partial charge >= 0.3 is 0 Å². The highest BCUT2D eigenvalue weighted by Gasteiger charge is 2.19. The summed E-state index contributed by atoms with van der Waals surface area (Å²) < 4.78 is 0. The molecule has 0 N–H and O–H groups in total. The molecule has 0 saturated heterocycles. The van der Waals surface area contributed by atoms with Gasteiger partial charge in [0, 0.05) is 13.1 Å². The molecule has 0 amide bonds. The molecule has 2 heteroatoms. The third-order valence-electron chi connectivity index (χ3n) is 4.51. The minimum Gasteiger partial charge on any atom is -0.305 e. The molecule has 0 unspecified atom stereocenters. The van der Waals surface area contributed by atoms with Crippen LogP contribution in [-0.2, 0) is 19.5 Å². The first-order chi connectivity index (χ1) is 10.6. The van der Waals surface area contributed by atoms with Gasteiger partial charge in [0.15, 0.2) is 0 Å². The van der Waals surface area contributed by atoms with Crippen LogP contribution in [0.3, 0.4) is 0 Å². The van der Waals surface area contributed by atoms with E-state index in [9.17, 15) is 0 Å². The van der Waals surface area contributed by atoms with Gasteiger partial charge in [0.25, 0.3) is 0 Å². The Bertz CT molecular complexity index is 673. The molecule has 0 aromatic heterocycles. The van der Waals surface area contributed by atoms with Crippen molar-refractivity contribution in [2.45, 2.75) is 26.4 Å². The Morgan fingerprint density at radius 2 is 1.55 bits per heavy atom. The van der Waals surface area contributed by atoms with Crippen LogP contribution in [0.2, 0.25) is 0 Å². The molecule has 1 aliphatic carbocycles. The van der Waals surface area contributed by atoms with Crippen molar-refractivity contribution in [1.29, 1.82) is 0 Å². The molecule has 3 rings (SSSR count). The highest BCUT2D eigenvalue weighted by molar-refractivity contribution is 5.77. The number of benzene rings is 2. The van der Waals surface area contributed by atoms with Crippen molar-refractivity contribution >= 4 is 0 Å². The lowest BCUT2D eigenvalue weighted by molar-refractivity contribution is 0.345. The van der Waals surface area contributed by atoms with Gasteiger partial charge in [-0.3, -0.25) is 0 Å². The minimum atomic E-state index is 1.00. The molecular formula is C20H26N2. The summed E-state index contributed by atoms with van der Waals surface area (Å²) in [7, 11) is 6.42. The van der Waals surface area contributed by atoms with Gasteiger partial charge in [0.2, 0.25) is 0 Å². The maximum Gasteiger partial charge on any atom is 0.0230 e. The summed E-state index contributed by atoms with van der Waals surface area (Å²) in [6.45, 7) is 5.33. The zero-order chi connectivity index (χ0) is 15.7. The third-order valence-corrected chi connectivity index (χ3v) is 4.51. The predicted octanol–water partition coefficient (Wildman–Crippen LogP) is 3.77. The molecule has 1 aliphatic rings. The molecule has 0 radical (unpaired) electrons. The van der Waals surface area contributed by atoms with E-state index in [1.165, 1.54) is 33.4 Å². The Morgan fingerprint density at radius 3 is 2.27 bits per heavy atom. The lowest BCUT2D eigenvalue weighted by atomic mass is 10.0. The van der Waals surface area contributed by atoms with Crippen LogP contribution in [0.15, 0.2) is 36.4 Å². The summed E-state index contributed by atoms with van der Waals surface area (Å²) in [4.78, 5) is 4.57. The van der Waals surface area contributed by atoms with E-state index in [0.29, 0.717) is 0 Å². The number of hydrogen-bond donors (Lipinski definition) is 0. The van der Waals surface area contributed by atoms with Crippen molar-refractivity contribution in [1.82, 2.24) is 9.80 Å². The van der Waals surface area contributed by atoms with Gasteiger partial charge in [0.05, 0.1) is 0 Å². The molecule has 0 spiro atoms. The summed E-state index contributed by atoms with van der Waals surface area (Å²) in [5, 5.41) is 0. The Balaban J connectivity index is 1.89. The van der Waals surface area contributed by atoms with Crippen molar-refractivity contribution in [3.05, 3.63) is 58.7 Å². The van der Waals surface area contributed by atoms with Crippen molar-refractivity contribution in [3.8, 4) is 11.1 Å². The van der Waals surface area contributed by atoms with Crippen LogP contribution in [-0.4, -0.2) is 37.5 Å². The molecule has 22 heavy (non-hydrogen) atoms. The standard InChI is InChI=1S/C20H26N2/c1-5-22(4)14-15-7-9-19-18(10-15)12-17-8-6-16(11-20(17)19)13-21(2)3/h6-11H,5,12-14H2,1-4H3. The molecule has 116 valence electrons. The van der Waals surface area contributed by atoms with Crippen LogP contribution in [0.1, 0.15) is 29.2 Å². The maximum atomic E-state index is 2.40. The van der Waals surface area contributed by atoms with Gasteiger partial charge in [-0.15, -0.1) is 0 Å². The molecule has 0 bridgehead atoms. The fourth-order valence-electron chi connectivity index (χ4n) is 3.28. The van der Waals surface area contributed by atoms with E-state index in [-0.39, 0.29) is 0 Å². The number of rotatable bonds is 5. The van der Waals surface area contributed by atoms with Gasteiger partial charge in [-0.05, 0) is 73.6 Å². The second-order valence-corrected chi connectivity index (χ2v) is 6.73. The number of hydrogen-bond acceptors (Lipinski definition) is 2. The molecule has 0 saturated carbocycles. The lowest BCUT2D eigenvalue weighted by Gasteiger charge is -2.14. The Morgan fingerprint density at radius 1 is 0.818 bits per heavy atom. The largest absolute Gasteiger partial charge is 0.305 e. The van der Waals surface area contributed by atoms with Gasteiger partial charge in [-0.1, -0.05) is 37.3 Å². The fourth-order valence-corrected chi connectivity index (χ4v) is 3.28. The summed E-state index contributed by atoms with van der Waals surface area (Å²) in [5.74, 6) is 0. The first-order valence-corrected chi connectivity index (χ1v) is 8.14. The van der Waals surface area contributed by atoms with Crippen molar-refractivity contribution in [2.24, 2.45) is 0 Å². The van der Waals surface area contributed by atoms with E-state index < -0.39 is 0 Å². The first-order valence-electron chi connectivity index (χ1n) is 8.14. The van der Waals surface area contributed by atoms with Crippen LogP contribution >= 0.6 is 0 Å². The monoisotopic (exact) mass is 294 g/mol. The number of nitrogens with zero attached hydrogens (tertiary/aromatic N) is 2. The maximum absolute atomic E-state index is 2.40. The van der Waals surface area contributed by atoms with Crippen LogP contribution in [0.4, 0.5) is 0 Å². The molecule has 2 aromatic rings. The lowest BCUT2D eigenvalue weighted by Crippen LogP contribution is -2.16. The summed E-state index contributed by atoms with van der Waals surface area (Å²) in [6, 6.07) is 14.0. The normalized spacial score (nSPS) is 12.8. The molecular weight excluding hydrogens is 268 g/mol. The third kappa shape index (κ3) is 3.08. The molecule has 2 aromatic carbocycles. The van der Waals surface area contributed by atoms with Crippen molar-refractivity contribution in [2.75, 3.05) is 27.7 Å². The molecule has 0 fully saturated rings. The average molecular weight is 294 g/mol. The van der Waals surface area contributed by atoms with E-state index in [1.54, 1.807) is 0 Å². The van der Waals surface area contributed by atoms with Crippen LogP contribution in [0.5, 0.6) is 0 Å². The summed E-state index contributed by atoms with van der Waals surface area (Å²) in [5.41, 5.74) is 8.64. The number of fused-ring (bicyclic) bond motifs is 3. The van der Waals surface area contributed by atoms with Gasteiger partial charge in [-0.25, -0.2) is 0 Å². The zero-order valence-corrected chi connectivity index (χ0v) is 14.2. The quantitative estimate of drug-likeness (QED) is 0.707. The van der Waals surface area contributed by atoms with Gasteiger partial charge in [0.1, 0.15) is 0 Å². The van der Waals surface area contributed by atoms with E-state index in [2.05, 4.69) is 74.3 Å². The second-order valence-electron chi connectivity index (χ2n) is 6.73. The predicted molar refractivity (Wildman–Crippen MR) is 94.1 cm³/mol. The average Bonchev–Trinajstić information content (AvgIpc) is 2.83. The van der Waals surface area contributed by atoms with Crippen LogP contribution in [0, 0.1) is 0 Å². The van der Waals surface area contributed by atoms with Crippen molar-refractivity contribution in [3.63, 3.8) is 0 Å². The topological polar surface area (TPSA) is 6.48 Å². The highest BCUT2D eigenvalue weighted by atomic mass is 15.1. The Kier molecular flexibility index (Phi) is 4.32. The molecule has 0 atom stereocenters. The van der Waals surface area contributed by atoms with Gasteiger partial charge < -0.3 is 9.80 Å². The first kappa shape index (κ1) is 15.3. The minimum absolute atomic E-state index is 1.00.